The van der Waals surface area contributed by atoms with Crippen LogP contribution >= 0.6 is 0 Å². The predicted octanol–water partition coefficient (Wildman–Crippen LogP) is 2.63. The fourth-order valence-electron chi connectivity index (χ4n) is 2.85. The standard InChI is InChI=1S/C18H13F3O8S/c19-18(20,21)30(26,27)29-10-2-4-11-12(5-6-22)16(17(25)28-15(11)8-10)13-3-1-9(23)7-14(13)24/h1-4,7-8,22-24H,5-6H2. The Morgan fingerprint density at radius 2 is 1.77 bits per heavy atom. The van der Waals surface area contributed by atoms with E-state index in [1.165, 1.54) is 12.1 Å². The number of benzene rings is 2. The van der Waals surface area contributed by atoms with Crippen LogP contribution in [0, 0.1) is 0 Å². The van der Waals surface area contributed by atoms with E-state index in [2.05, 4.69) is 4.18 Å². The Labute approximate surface area is 166 Å². The molecule has 0 aliphatic rings. The van der Waals surface area contributed by atoms with Crippen LogP contribution < -0.4 is 9.81 Å². The molecule has 12 heteroatoms. The predicted molar refractivity (Wildman–Crippen MR) is 97.6 cm³/mol. The van der Waals surface area contributed by atoms with Crippen LogP contribution in [0.5, 0.6) is 17.2 Å². The van der Waals surface area contributed by atoms with E-state index in [4.69, 9.17) is 4.42 Å². The van der Waals surface area contributed by atoms with Gasteiger partial charge in [-0.25, -0.2) is 4.79 Å². The smallest absolute Gasteiger partial charge is 0.508 e. The quantitative estimate of drug-likeness (QED) is 0.309. The average molecular weight is 446 g/mol. The Kier molecular flexibility index (Phi) is 5.39. The lowest BCUT2D eigenvalue weighted by Gasteiger charge is -2.13. The van der Waals surface area contributed by atoms with Crippen molar-refractivity contribution in [3.8, 4) is 28.4 Å². The maximum Gasteiger partial charge on any atom is 0.534 e. The third kappa shape index (κ3) is 3.91. The van der Waals surface area contributed by atoms with Gasteiger partial charge >= 0.3 is 21.3 Å². The fourth-order valence-corrected chi connectivity index (χ4v) is 3.30. The molecule has 0 aliphatic carbocycles. The van der Waals surface area contributed by atoms with E-state index in [9.17, 15) is 41.7 Å². The van der Waals surface area contributed by atoms with E-state index in [0.717, 1.165) is 24.3 Å². The number of aliphatic hydroxyl groups excluding tert-OH is 1. The van der Waals surface area contributed by atoms with Gasteiger partial charge in [-0.15, -0.1) is 0 Å². The fraction of sp³-hybridized carbons (Fsp3) is 0.167. The molecule has 0 amide bonds. The first-order valence-electron chi connectivity index (χ1n) is 8.18. The van der Waals surface area contributed by atoms with Gasteiger partial charge in [-0.2, -0.15) is 21.6 Å². The molecule has 3 N–H and O–H groups in total. The zero-order valence-electron chi connectivity index (χ0n) is 14.8. The summed E-state index contributed by atoms with van der Waals surface area (Å²) in [5, 5.41) is 29.1. The number of phenolic OH excluding ortho intramolecular Hbond substituents is 2. The summed E-state index contributed by atoms with van der Waals surface area (Å²) >= 11 is 0. The highest BCUT2D eigenvalue weighted by Gasteiger charge is 2.48. The van der Waals surface area contributed by atoms with Crippen LogP contribution in [-0.2, 0) is 16.5 Å². The maximum atomic E-state index is 12.6. The van der Waals surface area contributed by atoms with Gasteiger partial charge in [0.1, 0.15) is 22.8 Å². The van der Waals surface area contributed by atoms with Gasteiger partial charge in [0.25, 0.3) is 0 Å². The molecule has 3 rings (SSSR count). The van der Waals surface area contributed by atoms with E-state index in [0.29, 0.717) is 0 Å². The molecule has 0 unspecified atom stereocenters. The molecule has 30 heavy (non-hydrogen) atoms. The van der Waals surface area contributed by atoms with Crippen LogP contribution in [0.25, 0.3) is 22.1 Å². The number of aromatic hydroxyl groups is 2. The van der Waals surface area contributed by atoms with Crippen LogP contribution in [0.3, 0.4) is 0 Å². The van der Waals surface area contributed by atoms with Gasteiger partial charge in [0.15, 0.2) is 0 Å². The van der Waals surface area contributed by atoms with Gasteiger partial charge in [0.05, 0.1) is 5.56 Å². The molecule has 2 aromatic carbocycles. The Hall–Kier alpha value is -3.25. The van der Waals surface area contributed by atoms with Gasteiger partial charge in [-0.05, 0) is 36.2 Å². The molecule has 0 radical (unpaired) electrons. The number of fused-ring (bicyclic) bond motifs is 1. The van der Waals surface area contributed by atoms with E-state index >= 15 is 0 Å². The van der Waals surface area contributed by atoms with Crippen LogP contribution in [0.15, 0.2) is 45.6 Å². The molecule has 3 aromatic rings. The van der Waals surface area contributed by atoms with Gasteiger partial charge in [-0.1, -0.05) is 0 Å². The second-order valence-electron chi connectivity index (χ2n) is 6.06. The number of rotatable bonds is 5. The lowest BCUT2D eigenvalue weighted by molar-refractivity contribution is -0.0500. The summed E-state index contributed by atoms with van der Waals surface area (Å²) in [7, 11) is -5.93. The average Bonchev–Trinajstić information content (AvgIpc) is 2.61. The third-order valence-corrected chi connectivity index (χ3v) is 5.07. The second kappa shape index (κ2) is 7.54. The number of aliphatic hydroxyl groups is 1. The monoisotopic (exact) mass is 446 g/mol. The van der Waals surface area contributed by atoms with Crippen molar-refractivity contribution in [3.63, 3.8) is 0 Å². The molecular formula is C18H13F3O8S. The van der Waals surface area contributed by atoms with Crippen LogP contribution in [0.2, 0.25) is 0 Å². The van der Waals surface area contributed by atoms with Gasteiger partial charge in [0, 0.05) is 29.7 Å². The summed E-state index contributed by atoms with van der Waals surface area (Å²) in [5.74, 6) is -1.45. The molecule has 160 valence electrons. The molecule has 0 spiro atoms. The summed E-state index contributed by atoms with van der Waals surface area (Å²) in [6, 6.07) is 6.32. The first-order chi connectivity index (χ1) is 13.9. The number of hydrogen-bond donors (Lipinski definition) is 3. The van der Waals surface area contributed by atoms with Crippen molar-refractivity contribution >= 4 is 21.1 Å². The molecule has 0 atom stereocenters. The van der Waals surface area contributed by atoms with Crippen LogP contribution in [-0.4, -0.2) is 35.9 Å². The van der Waals surface area contributed by atoms with Crippen molar-refractivity contribution in [1.82, 2.24) is 0 Å². The Bertz CT molecular complexity index is 1280. The highest BCUT2D eigenvalue weighted by atomic mass is 32.2. The minimum Gasteiger partial charge on any atom is -0.508 e. The Morgan fingerprint density at radius 1 is 1.07 bits per heavy atom. The molecule has 0 saturated heterocycles. The zero-order valence-corrected chi connectivity index (χ0v) is 15.6. The van der Waals surface area contributed by atoms with Crippen molar-refractivity contribution in [3.05, 3.63) is 52.4 Å². The highest BCUT2D eigenvalue weighted by Crippen LogP contribution is 2.36. The topological polar surface area (TPSA) is 134 Å². The molecule has 0 saturated carbocycles. The van der Waals surface area contributed by atoms with Crippen molar-refractivity contribution in [1.29, 1.82) is 0 Å². The first-order valence-corrected chi connectivity index (χ1v) is 9.59. The van der Waals surface area contributed by atoms with E-state index in [1.54, 1.807) is 0 Å². The summed E-state index contributed by atoms with van der Waals surface area (Å²) in [6.07, 6.45) is -0.0984. The highest BCUT2D eigenvalue weighted by molar-refractivity contribution is 7.88. The number of alkyl halides is 3. The normalized spacial score (nSPS) is 12.3. The summed E-state index contributed by atoms with van der Waals surface area (Å²) in [4.78, 5) is 12.6. The van der Waals surface area contributed by atoms with Gasteiger partial charge < -0.3 is 23.9 Å². The van der Waals surface area contributed by atoms with Crippen molar-refractivity contribution < 1.29 is 45.5 Å². The minimum absolute atomic E-state index is 0.00752. The van der Waals surface area contributed by atoms with Gasteiger partial charge in [-0.3, -0.25) is 0 Å². The van der Waals surface area contributed by atoms with Crippen molar-refractivity contribution in [2.75, 3.05) is 6.61 Å². The molecule has 0 aliphatic heterocycles. The van der Waals surface area contributed by atoms with Crippen LogP contribution in [0.4, 0.5) is 13.2 Å². The van der Waals surface area contributed by atoms with Crippen LogP contribution in [0.1, 0.15) is 5.56 Å². The molecular weight excluding hydrogens is 433 g/mol. The van der Waals surface area contributed by atoms with Gasteiger partial charge in [0.2, 0.25) is 0 Å². The summed E-state index contributed by atoms with van der Waals surface area (Å²) in [5.41, 5.74) is -6.90. The summed E-state index contributed by atoms with van der Waals surface area (Å²) < 4.78 is 69.0. The Morgan fingerprint density at radius 3 is 2.37 bits per heavy atom. The summed E-state index contributed by atoms with van der Waals surface area (Å²) in [6.45, 7) is -0.425. The van der Waals surface area contributed by atoms with E-state index in [-0.39, 0.29) is 39.8 Å². The van der Waals surface area contributed by atoms with E-state index < -0.39 is 39.4 Å². The lowest BCUT2D eigenvalue weighted by Crippen LogP contribution is -2.28. The minimum atomic E-state index is -5.93. The molecule has 0 fully saturated rings. The van der Waals surface area contributed by atoms with Crippen molar-refractivity contribution in [2.45, 2.75) is 11.9 Å². The number of halogens is 3. The van der Waals surface area contributed by atoms with E-state index in [1.807, 2.05) is 0 Å². The largest absolute Gasteiger partial charge is 0.534 e. The Balaban J connectivity index is 2.22. The molecule has 0 bridgehead atoms. The van der Waals surface area contributed by atoms with Crippen molar-refractivity contribution in [2.24, 2.45) is 0 Å². The third-order valence-electron chi connectivity index (χ3n) is 4.09. The molecule has 8 nitrogen and oxygen atoms in total. The second-order valence-corrected chi connectivity index (χ2v) is 7.60. The maximum absolute atomic E-state index is 12.6. The zero-order chi connectivity index (χ0) is 22.3. The molecule has 1 heterocycles. The number of hydrogen-bond acceptors (Lipinski definition) is 8. The molecule has 1 aromatic heterocycles. The lowest BCUT2D eigenvalue weighted by atomic mass is 9.95. The SMILES string of the molecule is O=c1oc2cc(OS(=O)(=O)C(F)(F)F)ccc2c(CCO)c1-c1ccc(O)cc1O. The number of phenols is 2. The first kappa shape index (κ1) is 21.5.